The number of amides is 2. The van der Waals surface area contributed by atoms with E-state index < -0.39 is 11.9 Å². The Balaban J connectivity index is 2.04. The molecule has 0 saturated carbocycles. The van der Waals surface area contributed by atoms with Crippen molar-refractivity contribution in [3.63, 3.8) is 0 Å². The lowest BCUT2D eigenvalue weighted by Crippen LogP contribution is -2.33. The van der Waals surface area contributed by atoms with Crippen LogP contribution >= 0.6 is 0 Å². The van der Waals surface area contributed by atoms with Gasteiger partial charge in [-0.2, -0.15) is 0 Å². The fourth-order valence-corrected chi connectivity index (χ4v) is 2.58. The van der Waals surface area contributed by atoms with Crippen LogP contribution in [0, 0.1) is 6.92 Å². The maximum absolute atomic E-state index is 12.5. The van der Waals surface area contributed by atoms with Crippen LogP contribution in [0.15, 0.2) is 48.5 Å². The number of nitrogens with zero attached hydrogens (tertiary/aromatic N) is 1. The smallest absolute Gasteiger partial charge is 0.337 e. The zero-order valence-electron chi connectivity index (χ0n) is 15.1. The first kappa shape index (κ1) is 19.2. The van der Waals surface area contributed by atoms with E-state index in [1.807, 2.05) is 38.1 Å². The highest BCUT2D eigenvalue weighted by atomic mass is 16.5. The maximum Gasteiger partial charge on any atom is 0.337 e. The molecule has 0 saturated heterocycles. The Kier molecular flexibility index (Phi) is 6.49. The highest BCUT2D eigenvalue weighted by Crippen LogP contribution is 2.17. The Labute approximate surface area is 152 Å². The summed E-state index contributed by atoms with van der Waals surface area (Å²) in [6.07, 6.45) is -0.287. The van der Waals surface area contributed by atoms with Gasteiger partial charge < -0.3 is 15.0 Å². The normalized spacial score (nSPS) is 10.1. The molecule has 0 radical (unpaired) electrons. The summed E-state index contributed by atoms with van der Waals surface area (Å²) in [5.41, 5.74) is 2.56. The number of methoxy groups -OCH3 is 1. The molecular weight excluding hydrogens is 332 g/mol. The van der Waals surface area contributed by atoms with Crippen LogP contribution in [0.3, 0.4) is 0 Å². The molecule has 136 valence electrons. The summed E-state index contributed by atoms with van der Waals surface area (Å²) < 4.78 is 4.65. The van der Waals surface area contributed by atoms with Gasteiger partial charge in [-0.3, -0.25) is 9.59 Å². The molecule has 0 aliphatic carbocycles. The van der Waals surface area contributed by atoms with Gasteiger partial charge in [0.2, 0.25) is 11.8 Å². The van der Waals surface area contributed by atoms with Crippen LogP contribution in [0.25, 0.3) is 0 Å². The summed E-state index contributed by atoms with van der Waals surface area (Å²) in [5, 5.41) is 2.64. The number of carbonyl (C=O) groups is 3. The average molecular weight is 354 g/mol. The topological polar surface area (TPSA) is 75.7 Å². The molecule has 0 unspecified atom stereocenters. The highest BCUT2D eigenvalue weighted by molar-refractivity contribution is 6.09. The standard InChI is InChI=1S/C20H22N2O4/c1-4-22(17-10-5-7-14(2)11-17)19(24)13-18(23)21-16-9-6-8-15(12-16)20(25)26-3/h5-12H,4,13H2,1-3H3,(H,21,23). The van der Waals surface area contributed by atoms with Crippen LogP contribution in [0.2, 0.25) is 0 Å². The summed E-state index contributed by atoms with van der Waals surface area (Å²) in [6.45, 7) is 4.27. The van der Waals surface area contributed by atoms with Crippen molar-refractivity contribution in [1.82, 2.24) is 0 Å². The van der Waals surface area contributed by atoms with Gasteiger partial charge in [0.25, 0.3) is 0 Å². The number of anilines is 2. The fraction of sp³-hybridized carbons (Fsp3) is 0.250. The number of hydrogen-bond acceptors (Lipinski definition) is 4. The second kappa shape index (κ2) is 8.80. The van der Waals surface area contributed by atoms with E-state index in [2.05, 4.69) is 10.1 Å². The van der Waals surface area contributed by atoms with Gasteiger partial charge in [0, 0.05) is 17.9 Å². The van der Waals surface area contributed by atoms with Crippen molar-refractivity contribution in [3.8, 4) is 0 Å². The van der Waals surface area contributed by atoms with Crippen LogP contribution < -0.4 is 10.2 Å². The minimum absolute atomic E-state index is 0.287. The lowest BCUT2D eigenvalue weighted by molar-refractivity contribution is -0.125. The van der Waals surface area contributed by atoms with Gasteiger partial charge in [-0.1, -0.05) is 18.2 Å². The Morgan fingerprint density at radius 1 is 1.08 bits per heavy atom. The molecule has 2 aromatic rings. The zero-order chi connectivity index (χ0) is 19.1. The minimum Gasteiger partial charge on any atom is -0.465 e. The van der Waals surface area contributed by atoms with Crippen LogP contribution in [-0.2, 0) is 14.3 Å². The van der Waals surface area contributed by atoms with E-state index in [0.717, 1.165) is 11.3 Å². The van der Waals surface area contributed by atoms with Gasteiger partial charge in [-0.15, -0.1) is 0 Å². The van der Waals surface area contributed by atoms with Crippen molar-refractivity contribution >= 4 is 29.2 Å². The molecular formula is C20H22N2O4. The van der Waals surface area contributed by atoms with Crippen molar-refractivity contribution in [3.05, 3.63) is 59.7 Å². The van der Waals surface area contributed by atoms with Gasteiger partial charge in [-0.05, 0) is 49.7 Å². The van der Waals surface area contributed by atoms with Crippen molar-refractivity contribution in [2.75, 3.05) is 23.9 Å². The number of rotatable bonds is 6. The number of aryl methyl sites for hydroxylation is 1. The molecule has 0 aliphatic heterocycles. The molecule has 0 heterocycles. The van der Waals surface area contributed by atoms with E-state index >= 15 is 0 Å². The third-order valence-corrected chi connectivity index (χ3v) is 3.81. The van der Waals surface area contributed by atoms with Crippen molar-refractivity contribution in [1.29, 1.82) is 0 Å². The van der Waals surface area contributed by atoms with E-state index in [0.29, 0.717) is 17.8 Å². The molecule has 2 amide bonds. The molecule has 0 aliphatic rings. The molecule has 0 bridgehead atoms. The SMILES string of the molecule is CCN(C(=O)CC(=O)Nc1cccc(C(=O)OC)c1)c1cccc(C)c1. The van der Waals surface area contributed by atoms with Crippen molar-refractivity contribution < 1.29 is 19.1 Å². The van der Waals surface area contributed by atoms with Crippen LogP contribution in [0.5, 0.6) is 0 Å². The lowest BCUT2D eigenvalue weighted by atomic mass is 10.2. The molecule has 0 atom stereocenters. The number of hydrogen-bond donors (Lipinski definition) is 1. The van der Waals surface area contributed by atoms with E-state index in [4.69, 9.17) is 0 Å². The Hall–Kier alpha value is -3.15. The summed E-state index contributed by atoms with van der Waals surface area (Å²) in [6, 6.07) is 13.9. The Morgan fingerprint density at radius 2 is 1.81 bits per heavy atom. The number of ether oxygens (including phenoxy) is 1. The second-order valence-electron chi connectivity index (χ2n) is 5.77. The van der Waals surface area contributed by atoms with Crippen molar-refractivity contribution in [2.24, 2.45) is 0 Å². The fourth-order valence-electron chi connectivity index (χ4n) is 2.58. The van der Waals surface area contributed by atoms with Crippen LogP contribution in [-0.4, -0.2) is 31.4 Å². The summed E-state index contributed by atoms with van der Waals surface area (Å²) in [7, 11) is 1.29. The van der Waals surface area contributed by atoms with E-state index in [-0.39, 0.29) is 12.3 Å². The number of nitrogens with one attached hydrogen (secondary N) is 1. The highest BCUT2D eigenvalue weighted by Gasteiger charge is 2.18. The molecule has 1 N–H and O–H groups in total. The minimum atomic E-state index is -0.492. The van der Waals surface area contributed by atoms with E-state index in [1.54, 1.807) is 23.1 Å². The summed E-state index contributed by atoms with van der Waals surface area (Å²) in [4.78, 5) is 37.8. The molecule has 0 aromatic heterocycles. The van der Waals surface area contributed by atoms with Crippen molar-refractivity contribution in [2.45, 2.75) is 20.3 Å². The molecule has 6 nitrogen and oxygen atoms in total. The lowest BCUT2D eigenvalue weighted by Gasteiger charge is -2.21. The first-order chi connectivity index (χ1) is 12.4. The Morgan fingerprint density at radius 3 is 2.46 bits per heavy atom. The van der Waals surface area contributed by atoms with E-state index in [9.17, 15) is 14.4 Å². The molecule has 0 fully saturated rings. The van der Waals surface area contributed by atoms with Crippen LogP contribution in [0.4, 0.5) is 11.4 Å². The predicted molar refractivity (Wildman–Crippen MR) is 100 cm³/mol. The van der Waals surface area contributed by atoms with Gasteiger partial charge in [0.05, 0.1) is 12.7 Å². The van der Waals surface area contributed by atoms with Gasteiger partial charge in [0.15, 0.2) is 0 Å². The first-order valence-electron chi connectivity index (χ1n) is 8.30. The average Bonchev–Trinajstić information content (AvgIpc) is 2.61. The summed E-state index contributed by atoms with van der Waals surface area (Å²) >= 11 is 0. The zero-order valence-corrected chi connectivity index (χ0v) is 15.1. The second-order valence-corrected chi connectivity index (χ2v) is 5.77. The largest absolute Gasteiger partial charge is 0.465 e. The van der Waals surface area contributed by atoms with Gasteiger partial charge in [0.1, 0.15) is 6.42 Å². The number of esters is 1. The predicted octanol–water partition coefficient (Wildman–Crippen LogP) is 3.16. The quantitative estimate of drug-likeness (QED) is 0.639. The molecule has 0 spiro atoms. The summed E-state index contributed by atoms with van der Waals surface area (Å²) in [5.74, 6) is -1.23. The monoisotopic (exact) mass is 354 g/mol. The van der Waals surface area contributed by atoms with E-state index in [1.165, 1.54) is 13.2 Å². The van der Waals surface area contributed by atoms with Gasteiger partial charge >= 0.3 is 5.97 Å². The van der Waals surface area contributed by atoms with Crippen LogP contribution in [0.1, 0.15) is 29.3 Å². The Bertz CT molecular complexity index is 817. The molecule has 6 heteroatoms. The maximum atomic E-state index is 12.5. The molecule has 26 heavy (non-hydrogen) atoms. The molecule has 2 rings (SSSR count). The number of benzene rings is 2. The number of carbonyl (C=O) groups excluding carboxylic acids is 3. The van der Waals surface area contributed by atoms with Gasteiger partial charge in [-0.25, -0.2) is 4.79 Å². The molecule has 2 aromatic carbocycles. The third kappa shape index (κ3) is 4.92. The first-order valence-corrected chi connectivity index (χ1v) is 8.30. The third-order valence-electron chi connectivity index (χ3n) is 3.81.